The van der Waals surface area contributed by atoms with Gasteiger partial charge in [-0.2, -0.15) is 0 Å². The van der Waals surface area contributed by atoms with Gasteiger partial charge >= 0.3 is 5.97 Å². The number of aliphatic hydroxyl groups is 2. The number of unbranched alkanes of at least 4 members (excludes halogenated alkanes) is 17. The molecule has 0 aromatic carbocycles. The first-order valence-corrected chi connectivity index (χ1v) is 21.7. The SMILES string of the molecule is CC/C=C/C=C/C=C\C=C/C=C/CCCCCC(=O)OC(CCCCC/C=C\CCC)CC(=O)NC(CO)C(O)CCCCCCCCCCCCC. The van der Waals surface area contributed by atoms with Crippen LogP contribution in [0.25, 0.3) is 0 Å². The van der Waals surface area contributed by atoms with Crippen LogP contribution in [0, 0.1) is 0 Å². The first-order chi connectivity index (χ1) is 26.0. The first-order valence-electron chi connectivity index (χ1n) is 21.7. The van der Waals surface area contributed by atoms with E-state index in [9.17, 15) is 19.8 Å². The van der Waals surface area contributed by atoms with Crippen LogP contribution in [-0.4, -0.2) is 46.9 Å². The molecule has 3 N–H and O–H groups in total. The largest absolute Gasteiger partial charge is 0.462 e. The summed E-state index contributed by atoms with van der Waals surface area (Å²) < 4.78 is 5.84. The molecular weight excluding hydrogens is 659 g/mol. The van der Waals surface area contributed by atoms with Crippen LogP contribution < -0.4 is 5.32 Å². The summed E-state index contributed by atoms with van der Waals surface area (Å²) in [7, 11) is 0. The third kappa shape index (κ3) is 36.1. The van der Waals surface area contributed by atoms with Gasteiger partial charge in [0.25, 0.3) is 0 Å². The number of rotatable bonds is 37. The molecule has 53 heavy (non-hydrogen) atoms. The van der Waals surface area contributed by atoms with Crippen LogP contribution >= 0.6 is 0 Å². The van der Waals surface area contributed by atoms with Gasteiger partial charge in [-0.3, -0.25) is 9.59 Å². The molecule has 6 nitrogen and oxygen atoms in total. The average molecular weight is 740 g/mol. The van der Waals surface area contributed by atoms with E-state index in [2.05, 4.69) is 56.5 Å². The number of carbonyl (C=O) groups is 2. The van der Waals surface area contributed by atoms with E-state index in [1.54, 1.807) is 0 Å². The molecule has 0 spiro atoms. The van der Waals surface area contributed by atoms with Gasteiger partial charge in [-0.1, -0.05) is 184 Å². The van der Waals surface area contributed by atoms with Crippen molar-refractivity contribution in [2.45, 2.75) is 206 Å². The monoisotopic (exact) mass is 740 g/mol. The number of nitrogens with one attached hydrogen (secondary N) is 1. The predicted molar refractivity (Wildman–Crippen MR) is 227 cm³/mol. The van der Waals surface area contributed by atoms with Crippen molar-refractivity contribution in [2.24, 2.45) is 0 Å². The Bertz CT molecular complexity index is 1010. The third-order valence-electron chi connectivity index (χ3n) is 9.38. The summed E-state index contributed by atoms with van der Waals surface area (Å²) in [5.41, 5.74) is 0. The highest BCUT2D eigenvalue weighted by Crippen LogP contribution is 2.16. The van der Waals surface area contributed by atoms with Crippen molar-refractivity contribution >= 4 is 11.9 Å². The van der Waals surface area contributed by atoms with Crippen LogP contribution in [0.2, 0.25) is 0 Å². The minimum Gasteiger partial charge on any atom is -0.462 e. The summed E-state index contributed by atoms with van der Waals surface area (Å²) in [6.45, 7) is 6.22. The van der Waals surface area contributed by atoms with E-state index in [0.717, 1.165) is 89.9 Å². The van der Waals surface area contributed by atoms with Gasteiger partial charge in [-0.15, -0.1) is 0 Å². The maximum absolute atomic E-state index is 13.1. The van der Waals surface area contributed by atoms with E-state index < -0.39 is 18.2 Å². The van der Waals surface area contributed by atoms with Crippen molar-refractivity contribution in [1.82, 2.24) is 5.32 Å². The predicted octanol–water partition coefficient (Wildman–Crippen LogP) is 12.3. The summed E-state index contributed by atoms with van der Waals surface area (Å²) in [5.74, 6) is -0.552. The molecule has 3 atom stereocenters. The van der Waals surface area contributed by atoms with E-state index in [0.29, 0.717) is 19.3 Å². The van der Waals surface area contributed by atoms with Crippen molar-refractivity contribution < 1.29 is 24.5 Å². The van der Waals surface area contributed by atoms with Gasteiger partial charge in [-0.05, 0) is 64.2 Å². The minimum atomic E-state index is -0.799. The van der Waals surface area contributed by atoms with E-state index in [1.807, 2.05) is 42.5 Å². The van der Waals surface area contributed by atoms with Gasteiger partial charge in [0.1, 0.15) is 6.10 Å². The lowest BCUT2D eigenvalue weighted by Crippen LogP contribution is -2.46. The minimum absolute atomic E-state index is 0.0451. The van der Waals surface area contributed by atoms with E-state index in [1.165, 1.54) is 51.4 Å². The highest BCUT2D eigenvalue weighted by molar-refractivity contribution is 5.77. The molecule has 0 aliphatic rings. The molecule has 0 aliphatic heterocycles. The Kier molecular flexibility index (Phi) is 38.4. The van der Waals surface area contributed by atoms with Gasteiger partial charge in [0.05, 0.1) is 25.2 Å². The van der Waals surface area contributed by atoms with Gasteiger partial charge in [0.15, 0.2) is 0 Å². The lowest BCUT2D eigenvalue weighted by Gasteiger charge is -2.24. The van der Waals surface area contributed by atoms with Crippen molar-refractivity contribution in [1.29, 1.82) is 0 Å². The Morgan fingerprint density at radius 3 is 1.68 bits per heavy atom. The van der Waals surface area contributed by atoms with E-state index >= 15 is 0 Å². The topological polar surface area (TPSA) is 95.9 Å². The fourth-order valence-corrected chi connectivity index (χ4v) is 6.10. The van der Waals surface area contributed by atoms with Crippen LogP contribution in [0.1, 0.15) is 188 Å². The number of hydrogen-bond donors (Lipinski definition) is 3. The van der Waals surface area contributed by atoms with Crippen molar-refractivity contribution in [3.63, 3.8) is 0 Å². The van der Waals surface area contributed by atoms with Gasteiger partial charge < -0.3 is 20.3 Å². The maximum atomic E-state index is 13.1. The number of allylic oxidation sites excluding steroid dienone is 12. The highest BCUT2D eigenvalue weighted by Gasteiger charge is 2.24. The summed E-state index contributed by atoms with van der Waals surface area (Å²) in [6.07, 6.45) is 49.7. The normalized spacial score (nSPS) is 14.1. The van der Waals surface area contributed by atoms with Gasteiger partial charge in [0, 0.05) is 6.42 Å². The van der Waals surface area contributed by atoms with Crippen molar-refractivity contribution in [2.75, 3.05) is 6.61 Å². The molecule has 0 radical (unpaired) electrons. The first kappa shape index (κ1) is 50.3. The quantitative estimate of drug-likeness (QED) is 0.0255. The molecule has 0 aliphatic carbocycles. The number of hydrogen-bond acceptors (Lipinski definition) is 5. The zero-order chi connectivity index (χ0) is 38.9. The number of ether oxygens (including phenoxy) is 1. The molecule has 1 amide bonds. The molecule has 0 aromatic rings. The third-order valence-corrected chi connectivity index (χ3v) is 9.38. The molecule has 3 unspecified atom stereocenters. The van der Waals surface area contributed by atoms with Crippen LogP contribution in [0.5, 0.6) is 0 Å². The summed E-state index contributed by atoms with van der Waals surface area (Å²) in [6, 6.07) is -0.715. The lowest BCUT2D eigenvalue weighted by molar-refractivity contribution is -0.151. The Morgan fingerprint density at radius 2 is 1.08 bits per heavy atom. The molecule has 304 valence electrons. The van der Waals surface area contributed by atoms with Crippen LogP contribution in [0.4, 0.5) is 0 Å². The fraction of sp³-hybridized carbons (Fsp3) is 0.702. The number of esters is 1. The second-order valence-electron chi connectivity index (χ2n) is 14.5. The Labute approximate surface area is 326 Å². The summed E-state index contributed by atoms with van der Waals surface area (Å²) >= 11 is 0. The second-order valence-corrected chi connectivity index (χ2v) is 14.5. The fourth-order valence-electron chi connectivity index (χ4n) is 6.10. The number of aliphatic hydroxyl groups excluding tert-OH is 2. The lowest BCUT2D eigenvalue weighted by atomic mass is 10.0. The standard InChI is InChI=1S/C47H81NO5/c1-4-7-10-13-16-19-21-22-23-24-26-28-31-34-37-40-47(52)53-43(38-35-32-29-18-15-12-9-6-3)41-46(51)48-44(42-49)45(50)39-36-33-30-27-25-20-17-14-11-8-5-2/h7,10,12-13,15-16,19,21-24,26,43-45,49-50H,4-6,8-9,11,14,17-18,20,25,27-42H2,1-3H3,(H,48,51)/b10-7+,15-12-,16-13+,21-19-,23-22-,26-24+. The van der Waals surface area contributed by atoms with Crippen LogP contribution in [0.15, 0.2) is 72.9 Å². The van der Waals surface area contributed by atoms with E-state index in [4.69, 9.17) is 4.74 Å². The maximum Gasteiger partial charge on any atom is 0.306 e. The Hall–Kier alpha value is -2.70. The molecule has 0 bridgehead atoms. The zero-order valence-electron chi connectivity index (χ0n) is 34.4. The Balaban J connectivity index is 4.62. The summed E-state index contributed by atoms with van der Waals surface area (Å²) in [5, 5.41) is 23.5. The molecule has 0 heterocycles. The summed E-state index contributed by atoms with van der Waals surface area (Å²) in [4.78, 5) is 25.9. The molecule has 0 saturated heterocycles. The smallest absolute Gasteiger partial charge is 0.306 e. The molecular formula is C47H81NO5. The molecule has 0 fully saturated rings. The molecule has 6 heteroatoms. The zero-order valence-corrected chi connectivity index (χ0v) is 34.4. The highest BCUT2D eigenvalue weighted by atomic mass is 16.5. The van der Waals surface area contributed by atoms with Crippen molar-refractivity contribution in [3.05, 3.63) is 72.9 Å². The number of amides is 1. The molecule has 0 aromatic heterocycles. The van der Waals surface area contributed by atoms with Crippen LogP contribution in [0.3, 0.4) is 0 Å². The van der Waals surface area contributed by atoms with Crippen LogP contribution in [-0.2, 0) is 14.3 Å². The average Bonchev–Trinajstić information content (AvgIpc) is 3.15. The van der Waals surface area contributed by atoms with Crippen molar-refractivity contribution in [3.8, 4) is 0 Å². The number of carbonyl (C=O) groups excluding carboxylic acids is 2. The Morgan fingerprint density at radius 1 is 0.566 bits per heavy atom. The van der Waals surface area contributed by atoms with E-state index in [-0.39, 0.29) is 24.9 Å². The van der Waals surface area contributed by atoms with Gasteiger partial charge in [-0.25, -0.2) is 0 Å². The molecule has 0 rings (SSSR count). The second kappa shape index (κ2) is 40.5. The van der Waals surface area contributed by atoms with Gasteiger partial charge in [0.2, 0.25) is 5.91 Å². The molecule has 0 saturated carbocycles.